The zero-order chi connectivity index (χ0) is 22.0. The summed E-state index contributed by atoms with van der Waals surface area (Å²) in [5.41, 5.74) is 3.91. The van der Waals surface area contributed by atoms with Crippen molar-refractivity contribution in [1.82, 2.24) is 18.8 Å². The second kappa shape index (κ2) is 9.32. The van der Waals surface area contributed by atoms with Crippen molar-refractivity contribution in [2.75, 3.05) is 31.9 Å². The van der Waals surface area contributed by atoms with E-state index >= 15 is 0 Å². The van der Waals surface area contributed by atoms with Gasteiger partial charge < -0.3 is 4.57 Å². The van der Waals surface area contributed by atoms with E-state index in [1.165, 1.54) is 0 Å². The highest BCUT2D eigenvalue weighted by molar-refractivity contribution is 7.99. The highest BCUT2D eigenvalue weighted by atomic mass is 32.2. The Morgan fingerprint density at radius 1 is 1.03 bits per heavy atom. The smallest absolute Gasteiger partial charge is 0.243 e. The fourth-order valence-electron chi connectivity index (χ4n) is 3.93. The zero-order valence-electron chi connectivity index (χ0n) is 18.4. The number of rotatable bonds is 7. The summed E-state index contributed by atoms with van der Waals surface area (Å²) in [6.45, 7) is 9.10. The van der Waals surface area contributed by atoms with Crippen LogP contribution in [0.2, 0.25) is 0 Å². The van der Waals surface area contributed by atoms with Crippen molar-refractivity contribution in [1.29, 1.82) is 0 Å². The van der Waals surface area contributed by atoms with Crippen LogP contribution in [0.5, 0.6) is 0 Å². The molecule has 0 unspecified atom stereocenters. The predicted molar refractivity (Wildman–Crippen MR) is 127 cm³/mol. The molecule has 8 heteroatoms. The maximum absolute atomic E-state index is 13.2. The minimum absolute atomic E-state index is 0.430. The second-order valence-electron chi connectivity index (χ2n) is 8.09. The van der Waals surface area contributed by atoms with Gasteiger partial charge in [-0.25, -0.2) is 13.4 Å². The Morgan fingerprint density at radius 3 is 2.52 bits per heavy atom. The lowest BCUT2D eigenvalue weighted by Gasteiger charge is -2.34. The molecule has 166 valence electrons. The van der Waals surface area contributed by atoms with E-state index < -0.39 is 10.0 Å². The first-order valence-electron chi connectivity index (χ1n) is 10.8. The van der Waals surface area contributed by atoms with Gasteiger partial charge in [-0.15, -0.1) is 0 Å². The molecule has 0 atom stereocenters. The monoisotopic (exact) mass is 458 g/mol. The fourth-order valence-corrected chi connectivity index (χ4v) is 6.52. The minimum atomic E-state index is -3.47. The molecule has 3 aromatic rings. The van der Waals surface area contributed by atoms with Gasteiger partial charge in [0, 0.05) is 31.9 Å². The van der Waals surface area contributed by atoms with Crippen molar-refractivity contribution >= 4 is 32.8 Å². The second-order valence-corrected chi connectivity index (χ2v) is 11.1. The van der Waals surface area contributed by atoms with Crippen LogP contribution >= 0.6 is 11.8 Å². The van der Waals surface area contributed by atoms with Gasteiger partial charge >= 0.3 is 0 Å². The van der Waals surface area contributed by atoms with Crippen molar-refractivity contribution < 1.29 is 8.42 Å². The molecule has 6 nitrogen and oxygen atoms in total. The maximum Gasteiger partial charge on any atom is 0.243 e. The maximum atomic E-state index is 13.2. The van der Waals surface area contributed by atoms with E-state index in [1.54, 1.807) is 22.1 Å². The molecule has 0 amide bonds. The number of piperazine rings is 1. The summed E-state index contributed by atoms with van der Waals surface area (Å²) >= 11 is 1.79. The normalized spacial score (nSPS) is 16.2. The predicted octanol–water partition coefficient (Wildman–Crippen LogP) is 4.12. The molecule has 4 rings (SSSR count). The van der Waals surface area contributed by atoms with Crippen molar-refractivity contribution in [3.63, 3.8) is 0 Å². The Bertz CT molecular complexity index is 1170. The fraction of sp³-hybridized carbons (Fsp3) is 0.435. The van der Waals surface area contributed by atoms with Gasteiger partial charge in [-0.2, -0.15) is 4.31 Å². The Hall–Kier alpha value is -1.87. The molecule has 0 radical (unpaired) electrons. The van der Waals surface area contributed by atoms with Gasteiger partial charge in [-0.3, -0.25) is 4.90 Å². The molecule has 0 spiro atoms. The van der Waals surface area contributed by atoms with Gasteiger partial charge in [0.2, 0.25) is 10.0 Å². The number of aromatic nitrogens is 2. The van der Waals surface area contributed by atoms with E-state index in [0.717, 1.165) is 46.2 Å². The number of sulfonamides is 1. The van der Waals surface area contributed by atoms with E-state index in [9.17, 15) is 8.42 Å². The summed E-state index contributed by atoms with van der Waals surface area (Å²) in [7, 11) is -3.47. The van der Waals surface area contributed by atoms with Gasteiger partial charge in [0.05, 0.1) is 22.6 Å². The van der Waals surface area contributed by atoms with Crippen molar-refractivity contribution in [2.24, 2.45) is 0 Å². The summed E-state index contributed by atoms with van der Waals surface area (Å²) in [6, 6.07) is 13.9. The highest BCUT2D eigenvalue weighted by Crippen LogP contribution is 2.26. The third kappa shape index (κ3) is 4.67. The van der Waals surface area contributed by atoms with Crippen molar-refractivity contribution in [2.45, 2.75) is 43.9 Å². The lowest BCUT2D eigenvalue weighted by molar-refractivity contribution is 0.150. The number of nitrogens with zero attached hydrogens (tertiary/aromatic N) is 4. The van der Waals surface area contributed by atoms with Crippen LogP contribution in [-0.4, -0.2) is 59.1 Å². The number of fused-ring (bicyclic) bond motifs is 1. The average molecular weight is 459 g/mol. The highest BCUT2D eigenvalue weighted by Gasteiger charge is 2.30. The molecule has 2 aromatic carbocycles. The third-order valence-corrected chi connectivity index (χ3v) is 8.91. The van der Waals surface area contributed by atoms with Crippen LogP contribution in [0.4, 0.5) is 0 Å². The summed E-state index contributed by atoms with van der Waals surface area (Å²) in [4.78, 5) is 7.57. The van der Waals surface area contributed by atoms with E-state index in [1.807, 2.05) is 38.1 Å². The van der Waals surface area contributed by atoms with Crippen LogP contribution in [0.15, 0.2) is 52.5 Å². The lowest BCUT2D eigenvalue weighted by Crippen LogP contribution is -2.49. The largest absolute Gasteiger partial charge is 0.305 e. The summed E-state index contributed by atoms with van der Waals surface area (Å²) in [6.07, 6.45) is 1.10. The van der Waals surface area contributed by atoms with Crippen LogP contribution in [0.3, 0.4) is 0 Å². The number of hydrogen-bond donors (Lipinski definition) is 0. The van der Waals surface area contributed by atoms with Crippen LogP contribution in [-0.2, 0) is 16.7 Å². The van der Waals surface area contributed by atoms with E-state index in [0.29, 0.717) is 31.1 Å². The molecule has 1 fully saturated rings. The molecular weight excluding hydrogens is 428 g/mol. The van der Waals surface area contributed by atoms with Crippen LogP contribution in [0.1, 0.15) is 24.5 Å². The zero-order valence-corrected chi connectivity index (χ0v) is 20.0. The molecule has 2 heterocycles. The van der Waals surface area contributed by atoms with E-state index in [-0.39, 0.29) is 0 Å². The van der Waals surface area contributed by atoms with E-state index in [2.05, 4.69) is 28.5 Å². The first kappa shape index (κ1) is 22.3. The summed E-state index contributed by atoms with van der Waals surface area (Å²) < 4.78 is 30.3. The molecule has 1 saturated heterocycles. The Kier molecular flexibility index (Phi) is 6.71. The molecule has 0 N–H and O–H groups in total. The molecule has 1 aliphatic heterocycles. The van der Waals surface area contributed by atoms with Gasteiger partial charge in [-0.1, -0.05) is 43.0 Å². The molecule has 0 bridgehead atoms. The minimum Gasteiger partial charge on any atom is -0.305 e. The van der Waals surface area contributed by atoms with Crippen LogP contribution < -0.4 is 0 Å². The summed E-state index contributed by atoms with van der Waals surface area (Å²) in [5.74, 6) is 1.03. The van der Waals surface area contributed by atoms with Gasteiger partial charge in [0.15, 0.2) is 5.16 Å². The molecule has 31 heavy (non-hydrogen) atoms. The SMILES string of the molecule is CCCSc1nc2ccccc2n1CN1CCN(S(=O)(=O)c2cc(C)ccc2C)CC1. The number of thioether (sulfide) groups is 1. The van der Waals surface area contributed by atoms with Gasteiger partial charge in [-0.05, 0) is 49.6 Å². The Morgan fingerprint density at radius 2 is 1.77 bits per heavy atom. The van der Waals surface area contributed by atoms with Crippen LogP contribution in [0, 0.1) is 13.8 Å². The molecular formula is C23H30N4O2S2. The number of benzene rings is 2. The number of para-hydroxylation sites is 2. The first-order chi connectivity index (χ1) is 14.9. The van der Waals surface area contributed by atoms with Gasteiger partial charge in [0.1, 0.15) is 0 Å². The molecule has 0 saturated carbocycles. The first-order valence-corrected chi connectivity index (χ1v) is 13.2. The van der Waals surface area contributed by atoms with Crippen molar-refractivity contribution in [3.8, 4) is 0 Å². The third-order valence-electron chi connectivity index (χ3n) is 5.69. The molecule has 1 aromatic heterocycles. The molecule has 1 aliphatic rings. The quantitative estimate of drug-likeness (QED) is 0.499. The van der Waals surface area contributed by atoms with Crippen LogP contribution in [0.25, 0.3) is 11.0 Å². The number of aryl methyl sites for hydroxylation is 2. The summed E-state index contributed by atoms with van der Waals surface area (Å²) in [5, 5.41) is 1.04. The number of hydrogen-bond acceptors (Lipinski definition) is 5. The number of imidazole rings is 1. The lowest BCUT2D eigenvalue weighted by atomic mass is 10.2. The van der Waals surface area contributed by atoms with E-state index in [4.69, 9.17) is 4.98 Å². The van der Waals surface area contributed by atoms with Crippen molar-refractivity contribution in [3.05, 3.63) is 53.6 Å². The average Bonchev–Trinajstić information content (AvgIpc) is 3.11. The standard InChI is InChI=1S/C23H30N4O2S2/c1-4-15-30-23-24-20-7-5-6-8-21(20)27(23)17-25-11-13-26(14-12-25)31(28,29)22-16-18(2)9-10-19(22)3/h5-10,16H,4,11-15,17H2,1-3H3. The Balaban J connectivity index is 1.49. The van der Waals surface area contributed by atoms with Gasteiger partial charge in [0.25, 0.3) is 0 Å². The molecule has 0 aliphatic carbocycles. The Labute approximate surface area is 189 Å². The topological polar surface area (TPSA) is 58.4 Å².